The summed E-state index contributed by atoms with van der Waals surface area (Å²) in [7, 11) is 1.45. The van der Waals surface area contributed by atoms with E-state index in [1.165, 1.54) is 11.9 Å². The van der Waals surface area contributed by atoms with Crippen molar-refractivity contribution in [1.29, 1.82) is 0 Å². The first-order valence-electron chi connectivity index (χ1n) is 5.42. The molecular formula is C11H11F2N5O. The van der Waals surface area contributed by atoms with Crippen LogP contribution in [-0.4, -0.2) is 38.0 Å². The van der Waals surface area contributed by atoms with Gasteiger partial charge in [0.15, 0.2) is 11.6 Å². The van der Waals surface area contributed by atoms with Crippen LogP contribution >= 0.6 is 0 Å². The van der Waals surface area contributed by atoms with Crippen molar-refractivity contribution >= 4 is 5.91 Å². The van der Waals surface area contributed by atoms with Gasteiger partial charge in [-0.15, -0.1) is 0 Å². The maximum absolute atomic E-state index is 13.4. The average molecular weight is 267 g/mol. The van der Waals surface area contributed by atoms with Gasteiger partial charge in [-0.2, -0.15) is 9.49 Å². The van der Waals surface area contributed by atoms with E-state index >= 15 is 0 Å². The third-order valence-electron chi connectivity index (χ3n) is 2.45. The van der Waals surface area contributed by atoms with Crippen LogP contribution in [0.1, 0.15) is 22.0 Å². The molecule has 0 fully saturated rings. The Hall–Kier alpha value is -2.38. The van der Waals surface area contributed by atoms with Gasteiger partial charge in [0.2, 0.25) is 5.95 Å². The van der Waals surface area contributed by atoms with E-state index in [0.717, 1.165) is 12.3 Å². The number of aromatic amines is 1. The topological polar surface area (TPSA) is 74.8 Å². The van der Waals surface area contributed by atoms with Crippen molar-refractivity contribution in [1.82, 2.24) is 25.1 Å². The van der Waals surface area contributed by atoms with Gasteiger partial charge in [0.05, 0.1) is 12.1 Å². The molecule has 0 bridgehead atoms. The number of aromatic nitrogens is 4. The molecule has 19 heavy (non-hydrogen) atoms. The fourth-order valence-corrected chi connectivity index (χ4v) is 1.53. The molecule has 0 atom stereocenters. The summed E-state index contributed by atoms with van der Waals surface area (Å²) in [6, 6.07) is 1.13. The quantitative estimate of drug-likeness (QED) is 0.844. The fraction of sp³-hybridized carbons (Fsp3) is 0.273. The number of nitrogens with one attached hydrogen (secondary N) is 1. The van der Waals surface area contributed by atoms with Gasteiger partial charge >= 0.3 is 0 Å². The maximum Gasteiger partial charge on any atom is 0.257 e. The molecule has 1 N–H and O–H groups in total. The van der Waals surface area contributed by atoms with Crippen LogP contribution in [0.2, 0.25) is 0 Å². The molecule has 0 spiro atoms. The second-order valence-electron chi connectivity index (χ2n) is 3.96. The second-order valence-corrected chi connectivity index (χ2v) is 3.96. The van der Waals surface area contributed by atoms with Gasteiger partial charge in [-0.25, -0.2) is 14.4 Å². The largest absolute Gasteiger partial charge is 0.334 e. The van der Waals surface area contributed by atoms with Crippen molar-refractivity contribution in [3.8, 4) is 0 Å². The van der Waals surface area contributed by atoms with Crippen molar-refractivity contribution in [3.05, 3.63) is 41.2 Å². The molecule has 2 aromatic heterocycles. The second kappa shape index (κ2) is 5.09. The molecule has 0 saturated heterocycles. The lowest BCUT2D eigenvalue weighted by Gasteiger charge is -2.15. The SMILES string of the molecule is Cc1nc(CN(C)C(=O)c2ccnc(F)c2F)n[nH]1. The van der Waals surface area contributed by atoms with Crippen LogP contribution in [0, 0.1) is 18.7 Å². The number of nitrogens with zero attached hydrogens (tertiary/aromatic N) is 4. The molecule has 8 heteroatoms. The first kappa shape index (κ1) is 13.1. The lowest BCUT2D eigenvalue weighted by molar-refractivity contribution is 0.0775. The molecule has 0 unspecified atom stereocenters. The van der Waals surface area contributed by atoms with Gasteiger partial charge in [0, 0.05) is 13.2 Å². The Morgan fingerprint density at radius 1 is 1.47 bits per heavy atom. The Bertz CT molecular complexity index is 613. The lowest BCUT2D eigenvalue weighted by atomic mass is 10.2. The van der Waals surface area contributed by atoms with Crippen molar-refractivity contribution < 1.29 is 13.6 Å². The summed E-state index contributed by atoms with van der Waals surface area (Å²) in [5.41, 5.74) is -0.373. The molecule has 0 saturated carbocycles. The van der Waals surface area contributed by atoms with E-state index in [9.17, 15) is 13.6 Å². The van der Waals surface area contributed by atoms with E-state index in [1.54, 1.807) is 6.92 Å². The maximum atomic E-state index is 13.4. The Balaban J connectivity index is 2.17. The Morgan fingerprint density at radius 3 is 2.84 bits per heavy atom. The van der Waals surface area contributed by atoms with E-state index in [-0.39, 0.29) is 12.1 Å². The van der Waals surface area contributed by atoms with Crippen molar-refractivity contribution in [2.24, 2.45) is 0 Å². The van der Waals surface area contributed by atoms with Gasteiger partial charge < -0.3 is 4.90 Å². The molecule has 0 aliphatic rings. The molecular weight excluding hydrogens is 256 g/mol. The summed E-state index contributed by atoms with van der Waals surface area (Å²) in [6.07, 6.45) is 1.04. The predicted molar refractivity (Wildman–Crippen MR) is 61.1 cm³/mol. The molecule has 2 aromatic rings. The monoisotopic (exact) mass is 267 g/mol. The molecule has 100 valence electrons. The number of amides is 1. The first-order chi connectivity index (χ1) is 8.99. The van der Waals surface area contributed by atoms with Gasteiger partial charge in [-0.05, 0) is 13.0 Å². The van der Waals surface area contributed by atoms with Crippen LogP contribution in [-0.2, 0) is 6.54 Å². The third-order valence-corrected chi connectivity index (χ3v) is 2.45. The minimum Gasteiger partial charge on any atom is -0.334 e. The van der Waals surface area contributed by atoms with Gasteiger partial charge in [0.25, 0.3) is 5.91 Å². The summed E-state index contributed by atoms with van der Waals surface area (Å²) in [5.74, 6) is -2.22. The van der Waals surface area contributed by atoms with Crippen LogP contribution < -0.4 is 0 Å². The van der Waals surface area contributed by atoms with E-state index < -0.39 is 17.7 Å². The number of hydrogen-bond donors (Lipinski definition) is 1. The van der Waals surface area contributed by atoms with E-state index in [4.69, 9.17) is 0 Å². The molecule has 0 aliphatic heterocycles. The highest BCUT2D eigenvalue weighted by Gasteiger charge is 2.20. The highest BCUT2D eigenvalue weighted by molar-refractivity contribution is 5.94. The number of aryl methyl sites for hydroxylation is 1. The van der Waals surface area contributed by atoms with Crippen LogP contribution in [0.4, 0.5) is 8.78 Å². The van der Waals surface area contributed by atoms with Crippen LogP contribution in [0.25, 0.3) is 0 Å². The smallest absolute Gasteiger partial charge is 0.257 e. The molecule has 0 aromatic carbocycles. The van der Waals surface area contributed by atoms with Gasteiger partial charge in [-0.3, -0.25) is 9.89 Å². The van der Waals surface area contributed by atoms with Gasteiger partial charge in [0.1, 0.15) is 5.82 Å². The molecule has 0 aliphatic carbocycles. The summed E-state index contributed by atoms with van der Waals surface area (Å²) >= 11 is 0. The van der Waals surface area contributed by atoms with Crippen molar-refractivity contribution in [3.63, 3.8) is 0 Å². The zero-order valence-electron chi connectivity index (χ0n) is 10.3. The molecule has 0 radical (unpaired) electrons. The number of halogens is 2. The lowest BCUT2D eigenvalue weighted by Crippen LogP contribution is -2.28. The average Bonchev–Trinajstić information content (AvgIpc) is 2.77. The predicted octanol–water partition coefficient (Wildman–Crippen LogP) is 1.06. The summed E-state index contributed by atoms with van der Waals surface area (Å²) in [4.78, 5) is 20.3. The molecule has 2 rings (SSSR count). The van der Waals surface area contributed by atoms with Crippen molar-refractivity contribution in [2.45, 2.75) is 13.5 Å². The number of rotatable bonds is 3. The molecule has 1 amide bonds. The summed E-state index contributed by atoms with van der Waals surface area (Å²) in [5, 5.41) is 6.49. The van der Waals surface area contributed by atoms with Crippen LogP contribution in [0.5, 0.6) is 0 Å². The zero-order chi connectivity index (χ0) is 14.0. The Labute approximate surface area is 107 Å². The Morgan fingerprint density at radius 2 is 2.21 bits per heavy atom. The standard InChI is InChI=1S/C11H11F2N5O/c1-6-15-8(17-16-6)5-18(2)11(19)7-3-4-14-10(13)9(7)12/h3-4H,5H2,1-2H3,(H,15,16,17). The minimum absolute atomic E-state index is 0.0898. The van der Waals surface area contributed by atoms with Crippen LogP contribution in [0.3, 0.4) is 0 Å². The summed E-state index contributed by atoms with van der Waals surface area (Å²) in [6.45, 7) is 1.81. The number of pyridine rings is 1. The van der Waals surface area contributed by atoms with E-state index in [2.05, 4.69) is 20.2 Å². The molecule has 6 nitrogen and oxygen atoms in total. The third kappa shape index (κ3) is 2.72. The van der Waals surface area contributed by atoms with E-state index in [1.807, 2.05) is 0 Å². The Kier molecular flexibility index (Phi) is 3.50. The normalized spacial score (nSPS) is 10.5. The van der Waals surface area contributed by atoms with E-state index in [0.29, 0.717) is 11.6 Å². The number of H-pyrrole nitrogens is 1. The number of hydrogen-bond acceptors (Lipinski definition) is 4. The zero-order valence-corrected chi connectivity index (χ0v) is 10.3. The summed E-state index contributed by atoms with van der Waals surface area (Å²) < 4.78 is 26.4. The first-order valence-corrected chi connectivity index (χ1v) is 5.42. The number of carbonyl (C=O) groups is 1. The van der Waals surface area contributed by atoms with Crippen molar-refractivity contribution in [2.75, 3.05) is 7.05 Å². The highest BCUT2D eigenvalue weighted by atomic mass is 19.2. The van der Waals surface area contributed by atoms with Crippen LogP contribution in [0.15, 0.2) is 12.3 Å². The highest BCUT2D eigenvalue weighted by Crippen LogP contribution is 2.12. The van der Waals surface area contributed by atoms with Gasteiger partial charge in [-0.1, -0.05) is 0 Å². The minimum atomic E-state index is -1.30. The molecule has 2 heterocycles. The fourth-order valence-electron chi connectivity index (χ4n) is 1.53. The number of carbonyl (C=O) groups excluding carboxylic acids is 1.